The molecule has 0 bridgehead atoms. The van der Waals surface area contributed by atoms with Gasteiger partial charge in [-0.1, -0.05) is 13.8 Å². The minimum Gasteiger partial charge on any atom is -0.455 e. The summed E-state index contributed by atoms with van der Waals surface area (Å²) in [6, 6.07) is 0.125. The van der Waals surface area contributed by atoms with E-state index in [4.69, 9.17) is 4.42 Å². The van der Waals surface area contributed by atoms with Gasteiger partial charge in [-0.15, -0.1) is 0 Å². The van der Waals surface area contributed by atoms with E-state index in [1.54, 1.807) is 0 Å². The van der Waals surface area contributed by atoms with E-state index in [2.05, 4.69) is 52.2 Å². The summed E-state index contributed by atoms with van der Waals surface area (Å²) in [4.78, 5) is 12.9. The lowest BCUT2D eigenvalue weighted by Crippen LogP contribution is -3.06. The van der Waals surface area contributed by atoms with Crippen LogP contribution in [-0.2, 0) is 6.42 Å². The number of rotatable bonds is 2. The van der Waals surface area contributed by atoms with E-state index in [1.165, 1.54) is 0 Å². The van der Waals surface area contributed by atoms with Crippen molar-refractivity contribution in [2.24, 2.45) is 5.41 Å². The van der Waals surface area contributed by atoms with Crippen LogP contribution in [0.3, 0.4) is 0 Å². The highest BCUT2D eigenvalue weighted by Gasteiger charge is 2.43. The second-order valence-corrected chi connectivity index (χ2v) is 10.7. The Hall–Kier alpha value is -1.33. The Morgan fingerprint density at radius 2 is 1.69 bits per heavy atom. The number of aliphatic hydroxyl groups excluding tert-OH is 1. The topological polar surface area (TPSA) is 79.1 Å². The van der Waals surface area contributed by atoms with E-state index >= 15 is 0 Å². The van der Waals surface area contributed by atoms with Crippen LogP contribution in [0.4, 0.5) is 0 Å². The fourth-order valence-electron chi connectivity index (χ4n) is 5.37. The summed E-state index contributed by atoms with van der Waals surface area (Å²) in [7, 11) is 0. The Morgan fingerprint density at radius 1 is 1.12 bits per heavy atom. The van der Waals surface area contributed by atoms with Gasteiger partial charge in [0.25, 0.3) is 5.91 Å². The van der Waals surface area contributed by atoms with E-state index in [-0.39, 0.29) is 28.4 Å². The molecule has 1 aromatic heterocycles. The summed E-state index contributed by atoms with van der Waals surface area (Å²) in [5, 5.41) is 16.1. The molecule has 0 unspecified atom stereocenters. The Morgan fingerprint density at radius 3 is 2.27 bits per heavy atom. The van der Waals surface area contributed by atoms with Crippen LogP contribution >= 0.6 is 0 Å². The second-order valence-electron chi connectivity index (χ2n) is 10.7. The van der Waals surface area contributed by atoms with Gasteiger partial charge in [-0.25, -0.2) is 0 Å². The lowest BCUT2D eigenvalue weighted by Gasteiger charge is -2.43. The number of fused-ring (bicyclic) bond motifs is 1. The minimum atomic E-state index is -0.554. The molecule has 2 heterocycles. The quantitative estimate of drug-likeness (QED) is 0.756. The summed E-state index contributed by atoms with van der Waals surface area (Å²) >= 11 is 0. The maximum Gasteiger partial charge on any atom is 0.287 e. The van der Waals surface area contributed by atoms with Crippen LogP contribution in [0.2, 0.25) is 0 Å². The maximum absolute atomic E-state index is 12.9. The monoisotopic (exact) mass is 363 g/mol. The van der Waals surface area contributed by atoms with Crippen LogP contribution in [0.25, 0.3) is 0 Å². The van der Waals surface area contributed by atoms with Crippen LogP contribution in [0.1, 0.15) is 94.4 Å². The fraction of sp³-hybridized carbons (Fsp3) is 0.762. The number of aliphatic hydroxyl groups is 1. The molecule has 1 aliphatic carbocycles. The number of carbonyl (C=O) groups excluding carboxylic acids is 1. The molecule has 1 atom stereocenters. The van der Waals surface area contributed by atoms with Gasteiger partial charge in [-0.2, -0.15) is 0 Å². The number of nitrogens with one attached hydrogen (secondary N) is 1. The van der Waals surface area contributed by atoms with Crippen molar-refractivity contribution in [2.45, 2.75) is 97.4 Å². The zero-order valence-corrected chi connectivity index (χ0v) is 17.3. The third-order valence-electron chi connectivity index (χ3n) is 5.86. The number of hydrogen-bond donors (Lipinski definition) is 3. The Kier molecular flexibility index (Phi) is 4.56. The van der Waals surface area contributed by atoms with Gasteiger partial charge in [-0.05, 0) is 46.5 Å². The van der Waals surface area contributed by atoms with Gasteiger partial charge in [0.05, 0.1) is 17.2 Å². The van der Waals surface area contributed by atoms with Crippen LogP contribution in [0, 0.1) is 12.3 Å². The normalized spacial score (nSPS) is 27.0. The maximum atomic E-state index is 12.9. The van der Waals surface area contributed by atoms with Gasteiger partial charge in [0.15, 0.2) is 5.76 Å². The average molecular weight is 364 g/mol. The number of nitrogens with two attached hydrogens (primary N) is 1. The summed E-state index contributed by atoms with van der Waals surface area (Å²) in [6.07, 6.45) is 2.75. The summed E-state index contributed by atoms with van der Waals surface area (Å²) < 4.78 is 5.97. The summed E-state index contributed by atoms with van der Waals surface area (Å²) in [5.41, 5.74) is 1.79. The molecule has 0 radical (unpaired) electrons. The van der Waals surface area contributed by atoms with Crippen LogP contribution in [0.5, 0.6) is 0 Å². The number of hydrogen-bond acceptors (Lipinski definition) is 3. The molecule has 0 aromatic carbocycles. The smallest absolute Gasteiger partial charge is 0.287 e. The Bertz CT molecular complexity index is 699. The van der Waals surface area contributed by atoms with Gasteiger partial charge >= 0.3 is 0 Å². The first-order valence-electron chi connectivity index (χ1n) is 9.77. The number of piperidine rings is 1. The van der Waals surface area contributed by atoms with Crippen LogP contribution in [-0.4, -0.2) is 28.1 Å². The van der Waals surface area contributed by atoms with Gasteiger partial charge in [-0.3, -0.25) is 4.79 Å². The highest BCUT2D eigenvalue weighted by Crippen LogP contribution is 2.44. The molecule has 146 valence electrons. The number of amides is 1. The highest BCUT2D eigenvalue weighted by molar-refractivity contribution is 5.93. The predicted molar refractivity (Wildman–Crippen MR) is 101 cm³/mol. The fourth-order valence-corrected chi connectivity index (χ4v) is 5.37. The van der Waals surface area contributed by atoms with Crippen LogP contribution in [0.15, 0.2) is 4.42 Å². The molecule has 0 saturated carbocycles. The molecule has 26 heavy (non-hydrogen) atoms. The van der Waals surface area contributed by atoms with E-state index < -0.39 is 6.10 Å². The first-order valence-corrected chi connectivity index (χ1v) is 9.77. The highest BCUT2D eigenvalue weighted by atomic mass is 16.4. The average Bonchev–Trinajstić information content (AvgIpc) is 2.70. The molecule has 1 aromatic rings. The molecule has 1 aliphatic heterocycles. The molecule has 1 fully saturated rings. The number of carbonyl (C=O) groups is 1. The van der Waals surface area contributed by atoms with Gasteiger partial charge in [0, 0.05) is 36.4 Å². The van der Waals surface area contributed by atoms with Crippen molar-refractivity contribution in [3.8, 4) is 0 Å². The van der Waals surface area contributed by atoms with Crippen LogP contribution < -0.4 is 10.6 Å². The molecule has 1 amide bonds. The van der Waals surface area contributed by atoms with E-state index in [1.807, 2.05) is 6.92 Å². The molecule has 5 nitrogen and oxygen atoms in total. The Balaban J connectivity index is 1.81. The molecule has 2 aliphatic rings. The lowest BCUT2D eigenvalue weighted by atomic mass is 9.75. The SMILES string of the molecule is Cc1c(C(=O)NC2CC(C)(C)[NH2+]C(C)(C)C2)oc2c1[C@H](O)CC(C)(C)C2. The van der Waals surface area contributed by atoms with Gasteiger partial charge in [0.1, 0.15) is 5.76 Å². The largest absolute Gasteiger partial charge is 0.455 e. The van der Waals surface area contributed by atoms with Gasteiger partial charge < -0.3 is 20.2 Å². The summed E-state index contributed by atoms with van der Waals surface area (Å²) in [5.74, 6) is 0.992. The molecule has 3 rings (SSSR count). The number of quaternary nitrogens is 1. The van der Waals surface area contributed by atoms with Crippen molar-refractivity contribution in [1.82, 2.24) is 5.32 Å². The molecule has 1 saturated heterocycles. The van der Waals surface area contributed by atoms with Crippen molar-refractivity contribution >= 4 is 5.91 Å². The summed E-state index contributed by atoms with van der Waals surface area (Å²) in [6.45, 7) is 15.0. The third-order valence-corrected chi connectivity index (χ3v) is 5.86. The lowest BCUT2D eigenvalue weighted by molar-refractivity contribution is -0.787. The first-order chi connectivity index (χ1) is 11.8. The molecule has 5 heteroatoms. The van der Waals surface area contributed by atoms with E-state index in [0.29, 0.717) is 12.2 Å². The molecule has 4 N–H and O–H groups in total. The predicted octanol–water partition coefficient (Wildman–Crippen LogP) is 2.61. The van der Waals surface area contributed by atoms with Crippen molar-refractivity contribution in [2.75, 3.05) is 0 Å². The molecule has 0 spiro atoms. The number of furan rings is 1. The van der Waals surface area contributed by atoms with Crippen molar-refractivity contribution in [3.05, 3.63) is 22.6 Å². The van der Waals surface area contributed by atoms with Crippen molar-refractivity contribution < 1.29 is 19.6 Å². The third kappa shape index (κ3) is 3.84. The van der Waals surface area contributed by atoms with Crippen molar-refractivity contribution in [1.29, 1.82) is 0 Å². The molecular weight excluding hydrogens is 328 g/mol. The van der Waals surface area contributed by atoms with E-state index in [0.717, 1.165) is 36.1 Å². The zero-order chi connectivity index (χ0) is 19.5. The second kappa shape index (κ2) is 6.10. The Labute approximate surface area is 156 Å². The zero-order valence-electron chi connectivity index (χ0n) is 17.3. The standard InChI is InChI=1S/C21H34N2O3/c1-12-16-14(24)10-19(2,3)11-15(16)26-17(12)18(25)22-13-8-20(4,5)23-21(6,7)9-13/h13-14,23-24H,8-11H2,1-7H3,(H,22,25)/p+1/t14-/m1/s1. The van der Waals surface area contributed by atoms with Crippen molar-refractivity contribution in [3.63, 3.8) is 0 Å². The minimum absolute atomic E-state index is 0.0162. The van der Waals surface area contributed by atoms with Gasteiger partial charge in [0.2, 0.25) is 0 Å². The molecular formula is C21H35N2O3+. The first kappa shape index (κ1) is 19.4. The van der Waals surface area contributed by atoms with E-state index in [9.17, 15) is 9.90 Å².